The largest absolute Gasteiger partial charge is 0.419 e. The Kier molecular flexibility index (Phi) is 5.63. The Morgan fingerprint density at radius 1 is 1.10 bits per heavy atom. The highest BCUT2D eigenvalue weighted by Gasteiger charge is 2.34. The van der Waals surface area contributed by atoms with Crippen LogP contribution >= 0.6 is 0 Å². The molecule has 7 nitrogen and oxygen atoms in total. The molecule has 3 N–H and O–H groups in total. The SMILES string of the molecule is CNC(=O)c1ccc(F)cc1Nc1cc(Nc2cc(C)nn2C)ncc1C(F)(F)F. The van der Waals surface area contributed by atoms with Crippen molar-refractivity contribution in [2.45, 2.75) is 13.1 Å². The lowest BCUT2D eigenvalue weighted by Gasteiger charge is -2.17. The molecule has 0 aliphatic rings. The number of carbonyl (C=O) groups is 1. The number of nitrogens with zero attached hydrogens (tertiary/aromatic N) is 3. The zero-order chi connectivity index (χ0) is 22.1. The van der Waals surface area contributed by atoms with Gasteiger partial charge in [0.05, 0.1) is 28.2 Å². The molecule has 0 unspecified atom stereocenters. The predicted molar refractivity (Wildman–Crippen MR) is 104 cm³/mol. The lowest BCUT2D eigenvalue weighted by Crippen LogP contribution is -2.19. The monoisotopic (exact) mass is 422 g/mol. The summed E-state index contributed by atoms with van der Waals surface area (Å²) in [5.41, 5.74) is -0.884. The number of aromatic nitrogens is 3. The minimum Gasteiger partial charge on any atom is -0.355 e. The zero-order valence-corrected chi connectivity index (χ0v) is 16.2. The van der Waals surface area contributed by atoms with Crippen molar-refractivity contribution in [1.82, 2.24) is 20.1 Å². The van der Waals surface area contributed by atoms with Gasteiger partial charge in [0.25, 0.3) is 5.91 Å². The number of carbonyl (C=O) groups excluding carboxylic acids is 1. The van der Waals surface area contributed by atoms with Crippen molar-refractivity contribution in [3.05, 3.63) is 59.2 Å². The fourth-order valence-corrected chi connectivity index (χ4v) is 2.81. The molecule has 0 saturated carbocycles. The van der Waals surface area contributed by atoms with E-state index in [2.05, 4.69) is 26.0 Å². The van der Waals surface area contributed by atoms with Gasteiger partial charge in [-0.15, -0.1) is 0 Å². The first-order valence-electron chi connectivity index (χ1n) is 8.72. The highest BCUT2D eigenvalue weighted by Crippen LogP contribution is 2.37. The Labute approximate surface area is 169 Å². The summed E-state index contributed by atoms with van der Waals surface area (Å²) in [4.78, 5) is 15.9. The van der Waals surface area contributed by atoms with Gasteiger partial charge in [-0.1, -0.05) is 0 Å². The molecule has 11 heteroatoms. The highest BCUT2D eigenvalue weighted by atomic mass is 19.4. The maximum Gasteiger partial charge on any atom is 0.419 e. The van der Waals surface area contributed by atoms with Gasteiger partial charge in [-0.25, -0.2) is 9.37 Å². The van der Waals surface area contributed by atoms with Gasteiger partial charge in [-0.3, -0.25) is 9.48 Å². The number of nitrogens with one attached hydrogen (secondary N) is 3. The van der Waals surface area contributed by atoms with Crippen molar-refractivity contribution >= 4 is 28.9 Å². The Bertz CT molecular complexity index is 1090. The minimum atomic E-state index is -4.72. The average molecular weight is 422 g/mol. The number of hydrogen-bond acceptors (Lipinski definition) is 5. The van der Waals surface area contributed by atoms with Crippen molar-refractivity contribution in [2.24, 2.45) is 7.05 Å². The van der Waals surface area contributed by atoms with Gasteiger partial charge < -0.3 is 16.0 Å². The summed E-state index contributed by atoms with van der Waals surface area (Å²) >= 11 is 0. The van der Waals surface area contributed by atoms with E-state index >= 15 is 0 Å². The van der Waals surface area contributed by atoms with Crippen LogP contribution in [0.2, 0.25) is 0 Å². The van der Waals surface area contributed by atoms with Gasteiger partial charge in [-0.2, -0.15) is 18.3 Å². The van der Waals surface area contributed by atoms with Crippen LogP contribution in [-0.4, -0.2) is 27.7 Å². The molecule has 0 saturated heterocycles. The van der Waals surface area contributed by atoms with Gasteiger partial charge in [0.1, 0.15) is 17.5 Å². The Morgan fingerprint density at radius 2 is 1.83 bits per heavy atom. The zero-order valence-electron chi connectivity index (χ0n) is 16.2. The van der Waals surface area contributed by atoms with Crippen LogP contribution in [0.1, 0.15) is 21.6 Å². The number of aryl methyl sites for hydroxylation is 2. The second kappa shape index (κ2) is 8.01. The molecule has 2 heterocycles. The first kappa shape index (κ1) is 21.1. The summed E-state index contributed by atoms with van der Waals surface area (Å²) in [6.07, 6.45) is -4.07. The van der Waals surface area contributed by atoms with E-state index in [0.29, 0.717) is 17.7 Å². The first-order valence-corrected chi connectivity index (χ1v) is 8.72. The standard InChI is InChI=1S/C19H18F4N6O/c1-10-6-17(29(3)28-10)27-16-8-15(13(9-25-16)19(21,22)23)26-14-7-11(20)4-5-12(14)18(30)24-2/h4-9H,1-3H3,(H,24,30)(H2,25,26,27). The van der Waals surface area contributed by atoms with Crippen molar-refractivity contribution in [3.8, 4) is 0 Å². The van der Waals surface area contributed by atoms with Crippen LogP contribution < -0.4 is 16.0 Å². The Morgan fingerprint density at radius 3 is 2.43 bits per heavy atom. The van der Waals surface area contributed by atoms with E-state index < -0.39 is 29.2 Å². The van der Waals surface area contributed by atoms with E-state index in [1.165, 1.54) is 17.8 Å². The van der Waals surface area contributed by atoms with Crippen LogP contribution in [-0.2, 0) is 13.2 Å². The first-order chi connectivity index (χ1) is 14.1. The summed E-state index contributed by atoms with van der Waals surface area (Å²) in [6, 6.07) is 6.00. The molecule has 0 aliphatic carbocycles. The molecule has 3 rings (SSSR count). The average Bonchev–Trinajstić information content (AvgIpc) is 2.97. The number of rotatable bonds is 5. The number of anilines is 4. The summed E-state index contributed by atoms with van der Waals surface area (Å²) in [5.74, 6) is -0.672. The summed E-state index contributed by atoms with van der Waals surface area (Å²) in [6.45, 7) is 1.77. The molecule has 158 valence electrons. The van der Waals surface area contributed by atoms with Crippen LogP contribution in [0.3, 0.4) is 0 Å². The number of amides is 1. The van der Waals surface area contributed by atoms with E-state index in [1.54, 1.807) is 20.0 Å². The topological polar surface area (TPSA) is 83.9 Å². The molecule has 0 bridgehead atoms. The number of halogens is 4. The second-order valence-electron chi connectivity index (χ2n) is 6.43. The lowest BCUT2D eigenvalue weighted by molar-refractivity contribution is -0.137. The number of benzene rings is 1. The third-order valence-electron chi connectivity index (χ3n) is 4.19. The van der Waals surface area contributed by atoms with E-state index in [0.717, 1.165) is 18.2 Å². The third-order valence-corrected chi connectivity index (χ3v) is 4.19. The van der Waals surface area contributed by atoms with Crippen molar-refractivity contribution in [1.29, 1.82) is 0 Å². The van der Waals surface area contributed by atoms with E-state index in [4.69, 9.17) is 0 Å². The molecule has 1 amide bonds. The fourth-order valence-electron chi connectivity index (χ4n) is 2.81. The molecule has 0 atom stereocenters. The van der Waals surface area contributed by atoms with Gasteiger partial charge in [0.15, 0.2) is 0 Å². The van der Waals surface area contributed by atoms with Crippen molar-refractivity contribution in [2.75, 3.05) is 17.7 Å². The molecule has 0 aliphatic heterocycles. The number of pyridine rings is 1. The van der Waals surface area contributed by atoms with Gasteiger partial charge in [-0.05, 0) is 25.1 Å². The molecular formula is C19H18F4N6O. The number of hydrogen-bond donors (Lipinski definition) is 3. The fraction of sp³-hybridized carbons (Fsp3) is 0.211. The molecule has 1 aromatic carbocycles. The van der Waals surface area contributed by atoms with Gasteiger partial charge in [0, 0.05) is 32.4 Å². The molecular weight excluding hydrogens is 404 g/mol. The quantitative estimate of drug-likeness (QED) is 0.539. The van der Waals surface area contributed by atoms with E-state index in [1.807, 2.05) is 0 Å². The maximum atomic E-state index is 13.7. The molecule has 0 spiro atoms. The van der Waals surface area contributed by atoms with Crippen LogP contribution in [0, 0.1) is 12.7 Å². The predicted octanol–water partition coefficient (Wildman–Crippen LogP) is 4.13. The Hall–Kier alpha value is -3.63. The van der Waals surface area contributed by atoms with Crippen LogP contribution in [0.5, 0.6) is 0 Å². The van der Waals surface area contributed by atoms with Crippen LogP contribution in [0.25, 0.3) is 0 Å². The van der Waals surface area contributed by atoms with E-state index in [9.17, 15) is 22.4 Å². The maximum absolute atomic E-state index is 13.7. The van der Waals surface area contributed by atoms with Gasteiger partial charge >= 0.3 is 6.18 Å². The third kappa shape index (κ3) is 4.50. The highest BCUT2D eigenvalue weighted by molar-refractivity contribution is 6.00. The molecule has 2 aromatic heterocycles. The second-order valence-corrected chi connectivity index (χ2v) is 6.43. The summed E-state index contributed by atoms with van der Waals surface area (Å²) in [5, 5.41) is 11.9. The smallest absolute Gasteiger partial charge is 0.355 e. The van der Waals surface area contributed by atoms with Gasteiger partial charge in [0.2, 0.25) is 0 Å². The Balaban J connectivity index is 2.05. The normalized spacial score (nSPS) is 11.3. The number of alkyl halides is 3. The van der Waals surface area contributed by atoms with Crippen molar-refractivity contribution in [3.63, 3.8) is 0 Å². The lowest BCUT2D eigenvalue weighted by atomic mass is 10.1. The molecule has 0 fully saturated rings. The molecule has 3 aromatic rings. The van der Waals surface area contributed by atoms with E-state index in [-0.39, 0.29) is 17.1 Å². The van der Waals surface area contributed by atoms with Crippen molar-refractivity contribution < 1.29 is 22.4 Å². The summed E-state index contributed by atoms with van der Waals surface area (Å²) < 4.78 is 55.8. The minimum absolute atomic E-state index is 0.0133. The molecule has 0 radical (unpaired) electrons. The summed E-state index contributed by atoms with van der Waals surface area (Å²) in [7, 11) is 3.03. The molecule has 30 heavy (non-hydrogen) atoms. The van der Waals surface area contributed by atoms with Crippen LogP contribution in [0.4, 0.5) is 40.6 Å². The van der Waals surface area contributed by atoms with Crippen LogP contribution in [0.15, 0.2) is 36.5 Å².